The van der Waals surface area contributed by atoms with E-state index in [4.69, 9.17) is 47.4 Å². The SMILES string of the molecule is CO[C@@H]1[C@@H](O)[C@H](O[C@H]2[C@@H](OC)C[C@H](O[C@H]3[C@@H](OC)C[C@H](O[C@H]4CC[C@@]5(C)[C@@H](CC[C@]6(O)[C@@H]5C[C@@H](O)[C@@]5(C)[C@]6(O)CC[C@@]5(O)[C@@H](C)OC(C)=O)C4)O[C@@H]3C)O[C@@H]2C)O[C@H](C)[C@H]1O. The van der Waals surface area contributed by atoms with Crippen molar-refractivity contribution in [1.82, 2.24) is 0 Å². The van der Waals surface area contributed by atoms with Crippen molar-refractivity contribution in [2.24, 2.45) is 22.7 Å². The molecule has 4 aliphatic carbocycles. The highest BCUT2D eigenvalue weighted by Crippen LogP contribution is 2.72. The lowest BCUT2D eigenvalue weighted by atomic mass is 9.40. The molecule has 0 aromatic rings. The summed E-state index contributed by atoms with van der Waals surface area (Å²) in [6.07, 6.45) is -7.11. The van der Waals surface area contributed by atoms with Crippen molar-refractivity contribution in [2.75, 3.05) is 21.3 Å². The Morgan fingerprint density at radius 1 is 0.689 bits per heavy atom. The lowest BCUT2D eigenvalue weighted by Crippen LogP contribution is -2.79. The zero-order valence-electron chi connectivity index (χ0n) is 37.6. The molecule has 0 radical (unpaired) electrons. The first-order valence-electron chi connectivity index (χ1n) is 22.5. The Hall–Kier alpha value is -1.13. The van der Waals surface area contributed by atoms with Gasteiger partial charge in [0.25, 0.3) is 0 Å². The van der Waals surface area contributed by atoms with Crippen molar-refractivity contribution in [3.63, 3.8) is 0 Å². The maximum atomic E-state index is 12.7. The zero-order valence-corrected chi connectivity index (χ0v) is 37.6. The van der Waals surface area contributed by atoms with E-state index in [-0.39, 0.29) is 37.4 Å². The summed E-state index contributed by atoms with van der Waals surface area (Å²) in [5.74, 6) is -0.853. The predicted octanol–water partition coefficient (Wildman–Crippen LogP) is 1.85. The number of hydrogen-bond acceptors (Lipinski definition) is 17. The number of methoxy groups -OCH3 is 3. The molecule has 17 nitrogen and oxygen atoms in total. The molecular formula is C44H74O17. The van der Waals surface area contributed by atoms with Crippen molar-refractivity contribution in [3.8, 4) is 0 Å². The molecule has 23 atom stereocenters. The van der Waals surface area contributed by atoms with Gasteiger partial charge < -0.3 is 78.0 Å². The average molecular weight is 875 g/mol. The number of hydrogen-bond donors (Lipinski definition) is 6. The van der Waals surface area contributed by atoms with Gasteiger partial charge in [0.1, 0.15) is 47.8 Å². The molecule has 0 unspecified atom stereocenters. The van der Waals surface area contributed by atoms with Crippen LogP contribution in [0.5, 0.6) is 0 Å². The second kappa shape index (κ2) is 17.6. The number of aliphatic hydroxyl groups is 6. The first kappa shape index (κ1) is 47.8. The van der Waals surface area contributed by atoms with Crippen molar-refractivity contribution in [2.45, 2.75) is 228 Å². The molecule has 0 bridgehead atoms. The summed E-state index contributed by atoms with van der Waals surface area (Å²) in [6, 6.07) is 0. The van der Waals surface area contributed by atoms with Crippen LogP contribution in [0.25, 0.3) is 0 Å². The Morgan fingerprint density at radius 3 is 1.89 bits per heavy atom. The predicted molar refractivity (Wildman–Crippen MR) is 213 cm³/mol. The number of rotatable bonds is 11. The molecule has 0 aromatic heterocycles. The molecule has 3 heterocycles. The summed E-state index contributed by atoms with van der Waals surface area (Å²) >= 11 is 0. The van der Waals surface area contributed by atoms with Crippen LogP contribution in [0, 0.1) is 22.7 Å². The summed E-state index contributed by atoms with van der Waals surface area (Å²) in [5, 5.41) is 70.6. The van der Waals surface area contributed by atoms with Crippen molar-refractivity contribution in [1.29, 1.82) is 0 Å². The molecule has 61 heavy (non-hydrogen) atoms. The molecular weight excluding hydrogens is 800 g/mol. The minimum absolute atomic E-state index is 0.0703. The van der Waals surface area contributed by atoms with Gasteiger partial charge in [-0.2, -0.15) is 0 Å². The minimum Gasteiger partial charge on any atom is -0.460 e. The number of carbonyl (C=O) groups excluding carboxylic acids is 1. The third-order valence-corrected chi connectivity index (χ3v) is 17.1. The van der Waals surface area contributed by atoms with Gasteiger partial charge in [-0.3, -0.25) is 4.79 Å². The highest BCUT2D eigenvalue weighted by atomic mass is 16.8. The molecule has 0 amide bonds. The van der Waals surface area contributed by atoms with E-state index in [0.717, 1.165) is 6.42 Å². The smallest absolute Gasteiger partial charge is 0.302 e. The van der Waals surface area contributed by atoms with Crippen molar-refractivity contribution in [3.05, 3.63) is 0 Å². The third-order valence-electron chi connectivity index (χ3n) is 17.1. The van der Waals surface area contributed by atoms with Gasteiger partial charge in [0.15, 0.2) is 18.9 Å². The second-order valence-corrected chi connectivity index (χ2v) is 19.9. The minimum atomic E-state index is -1.81. The fourth-order valence-electron chi connectivity index (χ4n) is 13.4. The van der Waals surface area contributed by atoms with Crippen LogP contribution in [0.15, 0.2) is 0 Å². The van der Waals surface area contributed by atoms with Crippen LogP contribution in [-0.4, -0.2) is 173 Å². The first-order chi connectivity index (χ1) is 28.6. The second-order valence-electron chi connectivity index (χ2n) is 19.9. The van der Waals surface area contributed by atoms with Crippen LogP contribution < -0.4 is 0 Å². The quantitative estimate of drug-likeness (QED) is 0.129. The Balaban J connectivity index is 0.957. The molecule has 17 heteroatoms. The Labute approximate surface area is 359 Å². The first-order valence-corrected chi connectivity index (χ1v) is 22.5. The lowest BCUT2D eigenvalue weighted by molar-refractivity contribution is -0.353. The van der Waals surface area contributed by atoms with Gasteiger partial charge in [0.2, 0.25) is 0 Å². The van der Waals surface area contributed by atoms with E-state index in [9.17, 15) is 35.4 Å². The van der Waals surface area contributed by atoms with Crippen molar-refractivity contribution >= 4 is 5.97 Å². The van der Waals surface area contributed by atoms with Gasteiger partial charge >= 0.3 is 5.97 Å². The van der Waals surface area contributed by atoms with Gasteiger partial charge in [-0.05, 0) is 96.3 Å². The molecule has 7 rings (SSSR count). The number of carbonyl (C=O) groups is 1. The van der Waals surface area contributed by atoms with E-state index in [2.05, 4.69) is 6.92 Å². The van der Waals surface area contributed by atoms with Gasteiger partial charge in [-0.15, -0.1) is 0 Å². The maximum Gasteiger partial charge on any atom is 0.302 e. The number of ether oxygens (including phenoxy) is 10. The normalized spacial score (nSPS) is 54.3. The molecule has 7 fully saturated rings. The topological polar surface area (TPSA) is 231 Å². The maximum absolute atomic E-state index is 12.7. The summed E-state index contributed by atoms with van der Waals surface area (Å²) in [4.78, 5) is 11.9. The average Bonchev–Trinajstić information content (AvgIpc) is 3.44. The van der Waals surface area contributed by atoms with Gasteiger partial charge in [-0.25, -0.2) is 0 Å². The number of fused-ring (bicyclic) bond motifs is 5. The Kier molecular flexibility index (Phi) is 13.8. The fraction of sp³-hybridized carbons (Fsp3) is 0.977. The van der Waals surface area contributed by atoms with Gasteiger partial charge in [0, 0.05) is 41.1 Å². The van der Waals surface area contributed by atoms with Gasteiger partial charge in [0.05, 0.1) is 53.7 Å². The van der Waals surface area contributed by atoms with E-state index < -0.39 is 126 Å². The molecule has 0 aromatic carbocycles. The van der Waals surface area contributed by atoms with Crippen LogP contribution in [0.3, 0.4) is 0 Å². The summed E-state index contributed by atoms with van der Waals surface area (Å²) in [7, 11) is 4.63. The number of aliphatic hydroxyl groups excluding tert-OH is 3. The Bertz CT molecular complexity index is 1540. The molecule has 352 valence electrons. The molecule has 0 spiro atoms. The van der Waals surface area contributed by atoms with E-state index in [1.54, 1.807) is 35.0 Å². The zero-order chi connectivity index (χ0) is 44.6. The summed E-state index contributed by atoms with van der Waals surface area (Å²) in [5.41, 5.74) is -7.06. The lowest BCUT2D eigenvalue weighted by Gasteiger charge is -2.69. The van der Waals surface area contributed by atoms with Crippen LogP contribution in [0.1, 0.15) is 113 Å². The molecule has 7 aliphatic rings. The van der Waals surface area contributed by atoms with Crippen LogP contribution in [-0.2, 0) is 52.2 Å². The summed E-state index contributed by atoms with van der Waals surface area (Å²) < 4.78 is 60.7. The fourth-order valence-corrected chi connectivity index (χ4v) is 13.4. The number of esters is 1. The largest absolute Gasteiger partial charge is 0.460 e. The van der Waals surface area contributed by atoms with Crippen LogP contribution in [0.2, 0.25) is 0 Å². The third kappa shape index (κ3) is 7.74. The van der Waals surface area contributed by atoms with E-state index >= 15 is 0 Å². The van der Waals surface area contributed by atoms with E-state index in [1.165, 1.54) is 14.0 Å². The van der Waals surface area contributed by atoms with Crippen LogP contribution in [0.4, 0.5) is 0 Å². The summed E-state index contributed by atoms with van der Waals surface area (Å²) in [6.45, 7) is 12.1. The van der Waals surface area contributed by atoms with Crippen molar-refractivity contribution < 1.29 is 82.8 Å². The Morgan fingerprint density at radius 2 is 1.30 bits per heavy atom. The van der Waals surface area contributed by atoms with Crippen LogP contribution >= 0.6 is 0 Å². The van der Waals surface area contributed by atoms with Gasteiger partial charge in [-0.1, -0.05) is 13.8 Å². The highest BCUT2D eigenvalue weighted by Gasteiger charge is 2.81. The molecule has 3 saturated heterocycles. The monoisotopic (exact) mass is 874 g/mol. The molecule has 3 aliphatic heterocycles. The molecule has 4 saturated carbocycles. The van der Waals surface area contributed by atoms with E-state index in [0.29, 0.717) is 38.5 Å². The standard InChI is InChI=1S/C44H74O17/c1-21-34(47)38(54-10)35(48)39(57-21)61-37-23(3)56-33(19-29(37)53-9)60-36-22(2)55-32(18-28(36)52-8)59-27-12-13-40(6)26(17-27)11-14-43(50)30(40)20-31(46)41(7)42(49,15-16-44(41,43)51)24(4)58-25(5)45/h21-24,26-39,46-51H,11-20H2,1-10H3/t21-,22-,23-,24-,26+,27+,28+,29+,30-,31-,32+,33+,34-,35-,36-,37-,38+,39+,40+,41-,42-,43+,44-/m1/s1. The highest BCUT2D eigenvalue weighted by molar-refractivity contribution is 5.66. The molecule has 6 N–H and O–H groups in total. The van der Waals surface area contributed by atoms with E-state index in [1.807, 2.05) is 13.8 Å².